The third kappa shape index (κ3) is 4.54. The van der Waals surface area contributed by atoms with Crippen molar-refractivity contribution in [2.75, 3.05) is 25.2 Å². The molecule has 7 nitrogen and oxygen atoms in total. The molecule has 0 bridgehead atoms. The summed E-state index contributed by atoms with van der Waals surface area (Å²) < 4.78 is 24.0. The number of nitrogens with zero attached hydrogens (tertiary/aromatic N) is 1. The number of benzene rings is 1. The fourth-order valence-electron chi connectivity index (χ4n) is 1.87. The summed E-state index contributed by atoms with van der Waals surface area (Å²) in [4.78, 5) is 24.0. The van der Waals surface area contributed by atoms with E-state index in [2.05, 4.69) is 10.7 Å². The summed E-state index contributed by atoms with van der Waals surface area (Å²) in [5, 5.41) is 3.55. The van der Waals surface area contributed by atoms with Gasteiger partial charge in [-0.25, -0.2) is 19.4 Å². The Labute approximate surface area is 137 Å². The Morgan fingerprint density at radius 2 is 2.22 bits per heavy atom. The van der Waals surface area contributed by atoms with E-state index in [9.17, 15) is 14.0 Å². The highest BCUT2D eigenvalue weighted by molar-refractivity contribution is 6.33. The van der Waals surface area contributed by atoms with Gasteiger partial charge in [-0.3, -0.25) is 5.01 Å². The third-order valence-electron chi connectivity index (χ3n) is 2.92. The van der Waals surface area contributed by atoms with Gasteiger partial charge >= 0.3 is 12.0 Å². The fraction of sp³-hybridized carbons (Fsp3) is 0.429. The van der Waals surface area contributed by atoms with Crippen LogP contribution < -0.4 is 10.7 Å². The molecule has 0 unspecified atom stereocenters. The van der Waals surface area contributed by atoms with E-state index in [0.717, 1.165) is 12.1 Å². The van der Waals surface area contributed by atoms with Crippen molar-refractivity contribution in [3.8, 4) is 0 Å². The number of anilines is 1. The maximum Gasteiger partial charge on any atom is 0.339 e. The van der Waals surface area contributed by atoms with Crippen LogP contribution in [0, 0.1) is 5.82 Å². The highest BCUT2D eigenvalue weighted by Crippen LogP contribution is 2.25. The lowest BCUT2D eigenvalue weighted by Gasteiger charge is -2.27. The number of ether oxygens (including phenoxy) is 2. The van der Waals surface area contributed by atoms with Crippen LogP contribution in [-0.2, 0) is 9.47 Å². The Morgan fingerprint density at radius 3 is 2.83 bits per heavy atom. The Kier molecular flexibility index (Phi) is 5.75. The van der Waals surface area contributed by atoms with Gasteiger partial charge in [-0.2, -0.15) is 0 Å². The van der Waals surface area contributed by atoms with Gasteiger partial charge in [0.05, 0.1) is 35.5 Å². The summed E-state index contributed by atoms with van der Waals surface area (Å²) in [5.41, 5.74) is 2.51. The number of halogens is 2. The van der Waals surface area contributed by atoms with E-state index < -0.39 is 17.8 Å². The maximum absolute atomic E-state index is 14.0. The van der Waals surface area contributed by atoms with Crippen molar-refractivity contribution < 1.29 is 23.5 Å². The number of nitrogens with one attached hydrogen (secondary N) is 2. The lowest BCUT2D eigenvalue weighted by molar-refractivity contribution is 0.00549. The van der Waals surface area contributed by atoms with E-state index in [4.69, 9.17) is 21.1 Å². The smallest absolute Gasteiger partial charge is 0.339 e. The van der Waals surface area contributed by atoms with Gasteiger partial charge in [0.15, 0.2) is 0 Å². The molecule has 1 heterocycles. The molecular weight excluding hydrogens is 329 g/mol. The first-order valence-electron chi connectivity index (χ1n) is 6.98. The zero-order valence-corrected chi connectivity index (χ0v) is 13.4. The largest absolute Gasteiger partial charge is 0.459 e. The quantitative estimate of drug-likeness (QED) is 0.822. The van der Waals surface area contributed by atoms with Crippen LogP contribution in [0.25, 0.3) is 0 Å². The molecule has 1 aliphatic heterocycles. The number of urea groups is 1. The van der Waals surface area contributed by atoms with Crippen LogP contribution in [0.5, 0.6) is 0 Å². The van der Waals surface area contributed by atoms with Crippen LogP contribution in [-0.4, -0.2) is 43.0 Å². The standard InChI is InChI=1S/C14H17ClFN3O4/c1-8(2)23-13(20)9-5-12(11(16)6-10(9)15)18-14(21)19-3-4-22-7-17-19/h5-6,8,17H,3-4,7H2,1-2H3,(H,18,21). The molecule has 1 saturated heterocycles. The molecule has 2 rings (SSSR count). The first kappa shape index (κ1) is 17.5. The second-order valence-corrected chi connectivity index (χ2v) is 5.47. The van der Waals surface area contributed by atoms with Crippen molar-refractivity contribution in [3.63, 3.8) is 0 Å². The summed E-state index contributed by atoms with van der Waals surface area (Å²) in [6.45, 7) is 4.23. The molecule has 0 radical (unpaired) electrons. The van der Waals surface area contributed by atoms with Gasteiger partial charge in [0.25, 0.3) is 0 Å². The molecule has 1 aromatic carbocycles. The maximum atomic E-state index is 14.0. The number of hydrogen-bond donors (Lipinski definition) is 2. The van der Waals surface area contributed by atoms with E-state index in [1.807, 2.05) is 0 Å². The number of hydrazine groups is 1. The first-order chi connectivity index (χ1) is 10.9. The Hall–Kier alpha value is -1.90. The number of carbonyl (C=O) groups excluding carboxylic acids is 2. The van der Waals surface area contributed by atoms with Crippen molar-refractivity contribution in [1.29, 1.82) is 0 Å². The van der Waals surface area contributed by atoms with E-state index in [1.165, 1.54) is 5.01 Å². The number of hydrogen-bond acceptors (Lipinski definition) is 5. The number of esters is 1. The molecule has 23 heavy (non-hydrogen) atoms. The summed E-state index contributed by atoms with van der Waals surface area (Å²) in [5.74, 6) is -1.44. The van der Waals surface area contributed by atoms with Crippen molar-refractivity contribution in [2.45, 2.75) is 20.0 Å². The van der Waals surface area contributed by atoms with Gasteiger partial charge in [0.2, 0.25) is 0 Å². The van der Waals surface area contributed by atoms with E-state index in [1.54, 1.807) is 13.8 Å². The average Bonchev–Trinajstić information content (AvgIpc) is 2.50. The highest BCUT2D eigenvalue weighted by Gasteiger charge is 2.21. The topological polar surface area (TPSA) is 79.9 Å². The monoisotopic (exact) mass is 345 g/mol. The van der Waals surface area contributed by atoms with Gasteiger partial charge in [-0.15, -0.1) is 0 Å². The SMILES string of the molecule is CC(C)OC(=O)c1cc(NC(=O)N2CCOCN2)c(F)cc1Cl. The van der Waals surface area contributed by atoms with Crippen LogP contribution in [0.2, 0.25) is 5.02 Å². The molecule has 0 spiro atoms. The predicted molar refractivity (Wildman–Crippen MR) is 81.6 cm³/mol. The Balaban J connectivity index is 2.17. The third-order valence-corrected chi connectivity index (χ3v) is 3.24. The first-order valence-corrected chi connectivity index (χ1v) is 7.36. The molecular formula is C14H17ClFN3O4. The van der Waals surface area contributed by atoms with Crippen LogP contribution >= 0.6 is 11.6 Å². The van der Waals surface area contributed by atoms with Gasteiger partial charge in [-0.1, -0.05) is 11.6 Å². The predicted octanol–water partition coefficient (Wildman–Crippen LogP) is 2.37. The van der Waals surface area contributed by atoms with Crippen molar-refractivity contribution in [3.05, 3.63) is 28.5 Å². The lowest BCUT2D eigenvalue weighted by atomic mass is 10.2. The van der Waals surface area contributed by atoms with E-state index in [-0.39, 0.29) is 29.1 Å². The number of amides is 2. The van der Waals surface area contributed by atoms with Gasteiger partial charge < -0.3 is 14.8 Å². The average molecular weight is 346 g/mol. The summed E-state index contributed by atoms with van der Waals surface area (Å²) >= 11 is 5.87. The zero-order valence-electron chi connectivity index (χ0n) is 12.7. The second kappa shape index (κ2) is 7.58. The van der Waals surface area contributed by atoms with E-state index in [0.29, 0.717) is 13.2 Å². The summed E-state index contributed by atoms with van der Waals surface area (Å²) in [6, 6.07) is 1.54. The minimum atomic E-state index is -0.752. The van der Waals surface area contributed by atoms with Crippen LogP contribution in [0.4, 0.5) is 14.9 Å². The van der Waals surface area contributed by atoms with Crippen molar-refractivity contribution >= 4 is 29.3 Å². The van der Waals surface area contributed by atoms with E-state index >= 15 is 0 Å². The minimum absolute atomic E-state index is 0.0213. The van der Waals surface area contributed by atoms with Gasteiger partial charge in [0.1, 0.15) is 12.5 Å². The number of rotatable bonds is 3. The zero-order chi connectivity index (χ0) is 17.0. The van der Waals surface area contributed by atoms with Crippen LogP contribution in [0.1, 0.15) is 24.2 Å². The summed E-state index contributed by atoms with van der Waals surface area (Å²) in [7, 11) is 0. The molecule has 2 amide bonds. The Morgan fingerprint density at radius 1 is 1.48 bits per heavy atom. The fourth-order valence-corrected chi connectivity index (χ4v) is 2.09. The number of carbonyl (C=O) groups is 2. The molecule has 0 saturated carbocycles. The normalized spacial score (nSPS) is 14.7. The summed E-state index contributed by atoms with van der Waals surface area (Å²) in [6.07, 6.45) is -0.348. The molecule has 9 heteroatoms. The Bertz CT molecular complexity index is 606. The molecule has 0 aromatic heterocycles. The second-order valence-electron chi connectivity index (χ2n) is 5.06. The molecule has 1 aliphatic rings. The van der Waals surface area contributed by atoms with Crippen molar-refractivity contribution in [2.24, 2.45) is 0 Å². The molecule has 1 fully saturated rings. The van der Waals surface area contributed by atoms with Crippen molar-refractivity contribution in [1.82, 2.24) is 10.4 Å². The molecule has 126 valence electrons. The van der Waals surface area contributed by atoms with Crippen LogP contribution in [0.15, 0.2) is 12.1 Å². The van der Waals surface area contributed by atoms with Crippen LogP contribution in [0.3, 0.4) is 0 Å². The molecule has 0 aliphatic carbocycles. The highest BCUT2D eigenvalue weighted by atomic mass is 35.5. The molecule has 1 aromatic rings. The molecule has 2 N–H and O–H groups in total. The van der Waals surface area contributed by atoms with Gasteiger partial charge in [-0.05, 0) is 26.0 Å². The van der Waals surface area contributed by atoms with Gasteiger partial charge in [0, 0.05) is 0 Å². The lowest BCUT2D eigenvalue weighted by Crippen LogP contribution is -2.51. The molecule has 0 atom stereocenters. The minimum Gasteiger partial charge on any atom is -0.459 e.